The predicted molar refractivity (Wildman–Crippen MR) is 109 cm³/mol. The molecule has 138 valence electrons. The van der Waals surface area contributed by atoms with E-state index in [9.17, 15) is 15.2 Å². The Morgan fingerprint density at radius 3 is 2.89 bits per heavy atom. The highest BCUT2D eigenvalue weighted by molar-refractivity contribution is 7.99. The van der Waals surface area contributed by atoms with Crippen molar-refractivity contribution in [1.29, 1.82) is 5.26 Å². The van der Waals surface area contributed by atoms with Crippen molar-refractivity contribution in [3.05, 3.63) is 57.1 Å². The van der Waals surface area contributed by atoms with Crippen LogP contribution in [-0.4, -0.2) is 25.3 Å². The van der Waals surface area contributed by atoms with E-state index in [0.717, 1.165) is 16.6 Å². The van der Waals surface area contributed by atoms with Crippen molar-refractivity contribution in [3.8, 4) is 6.07 Å². The number of para-hydroxylation sites is 1. The van der Waals surface area contributed by atoms with Gasteiger partial charge in [0.25, 0.3) is 5.56 Å². The van der Waals surface area contributed by atoms with Crippen LogP contribution in [0.3, 0.4) is 0 Å². The molecule has 8 heteroatoms. The number of rotatable bonds is 6. The Morgan fingerprint density at radius 2 is 2.19 bits per heavy atom. The molecule has 6 nitrogen and oxygen atoms in total. The third kappa shape index (κ3) is 4.38. The number of benzene rings is 1. The molecule has 0 saturated carbocycles. The van der Waals surface area contributed by atoms with Crippen LogP contribution < -0.4 is 5.56 Å². The number of aromatic nitrogens is 3. The van der Waals surface area contributed by atoms with Crippen molar-refractivity contribution in [2.75, 3.05) is 0 Å². The van der Waals surface area contributed by atoms with E-state index in [1.165, 1.54) is 29.2 Å². The quantitative estimate of drug-likeness (QED) is 0.278. The van der Waals surface area contributed by atoms with Crippen LogP contribution in [0.25, 0.3) is 15.8 Å². The lowest BCUT2D eigenvalue weighted by molar-refractivity contribution is 0.402. The third-order valence-electron chi connectivity index (χ3n) is 3.83. The van der Waals surface area contributed by atoms with E-state index in [1.807, 2.05) is 31.2 Å². The minimum atomic E-state index is -0.466. The lowest BCUT2D eigenvalue weighted by Crippen LogP contribution is -2.12. The number of nitrogens with zero attached hydrogens (tertiary/aromatic N) is 3. The molecule has 3 rings (SSSR count). The summed E-state index contributed by atoms with van der Waals surface area (Å²) in [6.07, 6.45) is 1.60. The molecule has 0 fully saturated rings. The number of aliphatic hydroxyl groups is 1. The zero-order valence-corrected chi connectivity index (χ0v) is 16.5. The molecule has 0 aliphatic heterocycles. The van der Waals surface area contributed by atoms with E-state index in [-0.39, 0.29) is 16.9 Å². The summed E-state index contributed by atoms with van der Waals surface area (Å²) in [6, 6.07) is 11.1. The van der Waals surface area contributed by atoms with Crippen LogP contribution in [0.1, 0.15) is 31.0 Å². The number of aryl methyl sites for hydroxylation is 1. The number of nitrogens with one attached hydrogen (secondary N) is 1. The first-order valence-electron chi connectivity index (χ1n) is 8.48. The number of hydrogen-bond donors (Lipinski definition) is 2. The average Bonchev–Trinajstić information content (AvgIpc) is 3.05. The summed E-state index contributed by atoms with van der Waals surface area (Å²) in [4.78, 5) is 23.3. The molecule has 0 aliphatic carbocycles. The maximum atomic E-state index is 11.8. The number of H-pyrrole nitrogens is 1. The number of aliphatic hydroxyl groups excluding tert-OH is 1. The lowest BCUT2D eigenvalue weighted by atomic mass is 10.2. The van der Waals surface area contributed by atoms with Crippen LogP contribution in [0.15, 0.2) is 46.0 Å². The van der Waals surface area contributed by atoms with Crippen molar-refractivity contribution in [3.63, 3.8) is 0 Å². The smallest absolute Gasteiger partial charge is 0.251 e. The van der Waals surface area contributed by atoms with Crippen molar-refractivity contribution >= 4 is 38.9 Å². The number of hydrogen-bond acceptors (Lipinski definition) is 7. The van der Waals surface area contributed by atoms with Crippen LogP contribution in [-0.2, 0) is 6.42 Å². The van der Waals surface area contributed by atoms with Crippen molar-refractivity contribution in [2.45, 2.75) is 37.1 Å². The van der Waals surface area contributed by atoms with Gasteiger partial charge in [-0.25, -0.2) is 9.97 Å². The number of fused-ring (bicyclic) bond motifs is 1. The number of allylic oxidation sites excluding steroid dienone is 1. The molecule has 1 aromatic carbocycles. The molecule has 0 radical (unpaired) electrons. The molecule has 0 amide bonds. The van der Waals surface area contributed by atoms with Crippen LogP contribution in [0, 0.1) is 11.3 Å². The molecule has 0 saturated heterocycles. The van der Waals surface area contributed by atoms with Gasteiger partial charge in [-0.3, -0.25) is 4.79 Å². The van der Waals surface area contributed by atoms with Crippen LogP contribution in [0.5, 0.6) is 0 Å². The molecule has 2 heterocycles. The highest BCUT2D eigenvalue weighted by Gasteiger charge is 2.20. The Balaban J connectivity index is 1.91. The molecular weight excluding hydrogens is 380 g/mol. The molecular formula is C19H18N4O2S2. The summed E-state index contributed by atoms with van der Waals surface area (Å²) in [7, 11) is 0. The highest BCUT2D eigenvalue weighted by atomic mass is 32.2. The number of thioether (sulfide) groups is 1. The van der Waals surface area contributed by atoms with Gasteiger partial charge in [-0.05, 0) is 25.5 Å². The fourth-order valence-corrected chi connectivity index (χ4v) is 4.41. The monoisotopic (exact) mass is 398 g/mol. The van der Waals surface area contributed by atoms with Gasteiger partial charge in [0.2, 0.25) is 0 Å². The Hall–Kier alpha value is -2.63. The second-order valence-electron chi connectivity index (χ2n) is 5.91. The standard InChI is InChI=1S/C19H18N4O2S2/c1-3-6-12-9-16(24)23-19(21-12)26-11(2)17(25)13(10-20)18-22-14-7-4-5-8-15(14)27-18/h4-5,7-9,11,25H,3,6H2,1-2H3,(H,21,23,24)/b17-13-. The minimum absolute atomic E-state index is 0.0786. The normalized spacial score (nSPS) is 13.2. The summed E-state index contributed by atoms with van der Waals surface area (Å²) < 4.78 is 0.951. The Labute approximate surface area is 164 Å². The Kier molecular flexibility index (Phi) is 5.94. The van der Waals surface area contributed by atoms with Crippen LogP contribution in [0.2, 0.25) is 0 Å². The summed E-state index contributed by atoms with van der Waals surface area (Å²) in [5, 5.41) is 20.6. The SMILES string of the molecule is CCCc1cc(=O)[nH]c(SC(C)/C(O)=C(\C#N)c2nc3ccccc3s2)n1. The van der Waals surface area contributed by atoms with Gasteiger partial charge in [-0.15, -0.1) is 11.3 Å². The molecule has 0 spiro atoms. The van der Waals surface area contributed by atoms with E-state index < -0.39 is 5.25 Å². The van der Waals surface area contributed by atoms with Gasteiger partial charge < -0.3 is 10.1 Å². The van der Waals surface area contributed by atoms with Gasteiger partial charge in [0, 0.05) is 11.8 Å². The summed E-state index contributed by atoms with van der Waals surface area (Å²) in [5.41, 5.74) is 1.42. The molecule has 1 unspecified atom stereocenters. The average molecular weight is 399 g/mol. The van der Waals surface area contributed by atoms with Crippen LogP contribution >= 0.6 is 23.1 Å². The molecule has 0 bridgehead atoms. The van der Waals surface area contributed by atoms with E-state index >= 15 is 0 Å². The van der Waals surface area contributed by atoms with Crippen molar-refractivity contribution in [1.82, 2.24) is 15.0 Å². The van der Waals surface area contributed by atoms with Gasteiger partial charge >= 0.3 is 0 Å². The minimum Gasteiger partial charge on any atom is -0.510 e. The first-order chi connectivity index (χ1) is 13.0. The summed E-state index contributed by atoms with van der Waals surface area (Å²) >= 11 is 2.56. The number of nitriles is 1. The molecule has 0 aliphatic rings. The van der Waals surface area contributed by atoms with E-state index in [1.54, 1.807) is 6.92 Å². The van der Waals surface area contributed by atoms with E-state index in [2.05, 4.69) is 21.0 Å². The summed E-state index contributed by atoms with van der Waals surface area (Å²) in [5.74, 6) is -0.0786. The van der Waals surface area contributed by atoms with Gasteiger partial charge in [0.05, 0.1) is 15.5 Å². The zero-order chi connectivity index (χ0) is 19.4. The maximum absolute atomic E-state index is 11.8. The van der Waals surface area contributed by atoms with Crippen LogP contribution in [0.4, 0.5) is 0 Å². The second kappa shape index (κ2) is 8.37. The van der Waals surface area contributed by atoms with E-state index in [4.69, 9.17) is 0 Å². The molecule has 2 aromatic heterocycles. The first-order valence-corrected chi connectivity index (χ1v) is 10.2. The maximum Gasteiger partial charge on any atom is 0.251 e. The second-order valence-corrected chi connectivity index (χ2v) is 8.27. The molecule has 27 heavy (non-hydrogen) atoms. The zero-order valence-electron chi connectivity index (χ0n) is 14.9. The lowest BCUT2D eigenvalue weighted by Gasteiger charge is -2.11. The van der Waals surface area contributed by atoms with Crippen molar-refractivity contribution in [2.24, 2.45) is 0 Å². The number of aromatic amines is 1. The van der Waals surface area contributed by atoms with Crippen molar-refractivity contribution < 1.29 is 5.11 Å². The number of thiazole rings is 1. The van der Waals surface area contributed by atoms with Gasteiger partial charge in [0.15, 0.2) is 5.16 Å². The van der Waals surface area contributed by atoms with Gasteiger partial charge in [-0.2, -0.15) is 5.26 Å². The fraction of sp³-hybridized carbons (Fsp3) is 0.263. The molecule has 2 N–H and O–H groups in total. The fourth-order valence-electron chi connectivity index (χ4n) is 2.54. The predicted octanol–water partition coefficient (Wildman–Crippen LogP) is 4.31. The first kappa shape index (κ1) is 19.1. The Morgan fingerprint density at radius 1 is 1.41 bits per heavy atom. The highest BCUT2D eigenvalue weighted by Crippen LogP contribution is 2.32. The van der Waals surface area contributed by atoms with Gasteiger partial charge in [-0.1, -0.05) is 37.2 Å². The molecule has 1 atom stereocenters. The molecule has 3 aromatic rings. The largest absolute Gasteiger partial charge is 0.510 e. The Bertz CT molecular complexity index is 1060. The van der Waals surface area contributed by atoms with Gasteiger partial charge in [0.1, 0.15) is 22.4 Å². The van der Waals surface area contributed by atoms with E-state index in [0.29, 0.717) is 22.3 Å². The third-order valence-corrected chi connectivity index (χ3v) is 5.88. The summed E-state index contributed by atoms with van der Waals surface area (Å²) in [6.45, 7) is 3.78. The topological polar surface area (TPSA) is 103 Å².